The maximum Gasteiger partial charge on any atom is 0.307 e. The zero-order valence-electron chi connectivity index (χ0n) is 15.2. The van der Waals surface area contributed by atoms with Crippen LogP contribution >= 0.6 is 0 Å². The summed E-state index contributed by atoms with van der Waals surface area (Å²) < 4.78 is 21.8. The van der Waals surface area contributed by atoms with E-state index in [0.717, 1.165) is 11.3 Å². The molecule has 2 heterocycles. The molecule has 0 spiro atoms. The van der Waals surface area contributed by atoms with Crippen LogP contribution in [0.5, 0.6) is 17.2 Å². The third-order valence-electron chi connectivity index (χ3n) is 4.13. The van der Waals surface area contributed by atoms with Crippen LogP contribution in [0.1, 0.15) is 28.8 Å². The van der Waals surface area contributed by atoms with Gasteiger partial charge in [0.15, 0.2) is 17.3 Å². The van der Waals surface area contributed by atoms with Crippen molar-refractivity contribution in [2.75, 3.05) is 6.79 Å². The van der Waals surface area contributed by atoms with Crippen LogP contribution < -0.4 is 19.6 Å². The topological polar surface area (TPSA) is 82.3 Å². The number of ether oxygens (including phenoxy) is 3. The Bertz CT molecular complexity index is 1010. The highest BCUT2D eigenvalue weighted by atomic mass is 16.7. The average Bonchev–Trinajstić information content (AvgIpc) is 3.39. The minimum absolute atomic E-state index is 0.161. The van der Waals surface area contributed by atoms with Crippen molar-refractivity contribution in [1.29, 1.82) is 0 Å². The Morgan fingerprint density at radius 3 is 2.75 bits per heavy atom. The maximum absolute atomic E-state index is 12.3. The first-order chi connectivity index (χ1) is 13.7. The Hall–Kier alpha value is -3.74. The lowest BCUT2D eigenvalue weighted by Crippen LogP contribution is -2.18. The summed E-state index contributed by atoms with van der Waals surface area (Å²) in [5.74, 6) is 2.35. The number of para-hydroxylation sites is 1. The summed E-state index contributed by atoms with van der Waals surface area (Å²) >= 11 is 0. The molecule has 7 nitrogen and oxygen atoms in total. The van der Waals surface area contributed by atoms with Gasteiger partial charge in [-0.2, -0.15) is 5.10 Å². The van der Waals surface area contributed by atoms with Crippen molar-refractivity contribution in [2.45, 2.75) is 13.5 Å². The first-order valence-electron chi connectivity index (χ1n) is 8.70. The van der Waals surface area contributed by atoms with Gasteiger partial charge in [0.1, 0.15) is 18.1 Å². The highest BCUT2D eigenvalue weighted by Crippen LogP contribution is 2.32. The first kappa shape index (κ1) is 17.7. The van der Waals surface area contributed by atoms with Crippen LogP contribution in [-0.2, 0) is 6.61 Å². The van der Waals surface area contributed by atoms with E-state index in [1.807, 2.05) is 48.5 Å². The quantitative estimate of drug-likeness (QED) is 0.522. The summed E-state index contributed by atoms with van der Waals surface area (Å²) in [5, 5.41) is 4.13. The summed E-state index contributed by atoms with van der Waals surface area (Å²) in [6, 6.07) is 18.2. The fourth-order valence-corrected chi connectivity index (χ4v) is 2.62. The van der Waals surface area contributed by atoms with Gasteiger partial charge in [-0.25, -0.2) is 5.43 Å². The summed E-state index contributed by atoms with van der Waals surface area (Å²) in [7, 11) is 0. The molecule has 0 bridgehead atoms. The van der Waals surface area contributed by atoms with E-state index in [1.165, 1.54) is 0 Å². The Morgan fingerprint density at radius 1 is 1.07 bits per heavy atom. The lowest BCUT2D eigenvalue weighted by atomic mass is 10.1. The molecule has 1 aromatic heterocycles. The fraction of sp³-hybridized carbons (Fsp3) is 0.143. The number of hydrogen-bond donors (Lipinski definition) is 1. The van der Waals surface area contributed by atoms with Gasteiger partial charge in [-0.1, -0.05) is 18.2 Å². The minimum atomic E-state index is -0.439. The first-order valence-corrected chi connectivity index (χ1v) is 8.70. The normalized spacial score (nSPS) is 12.7. The highest BCUT2D eigenvalue weighted by molar-refractivity contribution is 6.00. The summed E-state index contributed by atoms with van der Waals surface area (Å²) in [5.41, 5.74) is 3.95. The molecule has 1 N–H and O–H groups in total. The van der Waals surface area contributed by atoms with Crippen molar-refractivity contribution < 1.29 is 23.4 Å². The van der Waals surface area contributed by atoms with Crippen molar-refractivity contribution in [2.24, 2.45) is 5.10 Å². The average molecular weight is 378 g/mol. The Kier molecular flexibility index (Phi) is 4.97. The van der Waals surface area contributed by atoms with Crippen LogP contribution in [0.4, 0.5) is 0 Å². The highest BCUT2D eigenvalue weighted by Gasteiger charge is 2.15. The molecular formula is C21H18N2O5. The molecule has 0 atom stereocenters. The molecule has 28 heavy (non-hydrogen) atoms. The number of hydrogen-bond acceptors (Lipinski definition) is 6. The van der Waals surface area contributed by atoms with Gasteiger partial charge in [0, 0.05) is 5.56 Å². The molecule has 7 heteroatoms. The SMILES string of the molecule is C/C(=N/NC(=O)c1ccc(COc2ccccc2)o1)c1ccc2c(c1)OCO2. The molecule has 1 aliphatic rings. The van der Waals surface area contributed by atoms with Crippen LogP contribution in [0.2, 0.25) is 0 Å². The molecule has 1 amide bonds. The summed E-state index contributed by atoms with van der Waals surface area (Å²) in [4.78, 5) is 12.3. The van der Waals surface area contributed by atoms with Crippen molar-refractivity contribution in [3.05, 3.63) is 77.7 Å². The number of nitrogens with zero attached hydrogens (tertiary/aromatic N) is 1. The molecule has 2 aromatic carbocycles. The molecule has 0 aliphatic carbocycles. The van der Waals surface area contributed by atoms with Crippen LogP contribution in [0, 0.1) is 0 Å². The predicted molar refractivity (Wildman–Crippen MR) is 102 cm³/mol. The van der Waals surface area contributed by atoms with E-state index in [-0.39, 0.29) is 19.2 Å². The number of carbonyl (C=O) groups is 1. The van der Waals surface area contributed by atoms with Gasteiger partial charge < -0.3 is 18.6 Å². The van der Waals surface area contributed by atoms with Crippen molar-refractivity contribution in [1.82, 2.24) is 5.43 Å². The standard InChI is InChI=1S/C21H18N2O5/c1-14(15-7-9-18-20(11-15)27-13-26-18)22-23-21(24)19-10-8-17(28-19)12-25-16-5-3-2-4-6-16/h2-11H,12-13H2,1H3,(H,23,24)/b22-14-. The third-order valence-corrected chi connectivity index (χ3v) is 4.13. The second kappa shape index (κ2) is 7.87. The summed E-state index contributed by atoms with van der Waals surface area (Å²) in [6.07, 6.45) is 0. The van der Waals surface area contributed by atoms with Gasteiger partial charge in [-0.05, 0) is 49.4 Å². The van der Waals surface area contributed by atoms with Crippen LogP contribution in [-0.4, -0.2) is 18.4 Å². The number of fused-ring (bicyclic) bond motifs is 1. The van der Waals surface area contributed by atoms with Gasteiger partial charge in [0.05, 0.1) is 5.71 Å². The molecular weight excluding hydrogens is 360 g/mol. The smallest absolute Gasteiger partial charge is 0.307 e. The molecule has 0 fully saturated rings. The molecule has 4 rings (SSSR count). The molecule has 142 valence electrons. The number of rotatable bonds is 6. The number of furan rings is 1. The second-order valence-electron chi connectivity index (χ2n) is 6.07. The number of carbonyl (C=O) groups excluding carboxylic acids is 1. The molecule has 0 radical (unpaired) electrons. The molecule has 3 aromatic rings. The van der Waals surface area contributed by atoms with Crippen molar-refractivity contribution in [3.63, 3.8) is 0 Å². The second-order valence-corrected chi connectivity index (χ2v) is 6.07. The molecule has 0 saturated heterocycles. The van der Waals surface area contributed by atoms with E-state index in [9.17, 15) is 4.79 Å². The number of amides is 1. The number of nitrogens with one attached hydrogen (secondary N) is 1. The Morgan fingerprint density at radius 2 is 1.89 bits per heavy atom. The van der Waals surface area contributed by atoms with E-state index in [0.29, 0.717) is 23.0 Å². The largest absolute Gasteiger partial charge is 0.486 e. The maximum atomic E-state index is 12.3. The monoisotopic (exact) mass is 378 g/mol. The molecule has 1 aliphatic heterocycles. The molecule has 0 unspecified atom stereocenters. The van der Waals surface area contributed by atoms with Gasteiger partial charge in [-0.3, -0.25) is 4.79 Å². The lowest BCUT2D eigenvalue weighted by molar-refractivity contribution is 0.0923. The van der Waals surface area contributed by atoms with E-state index in [4.69, 9.17) is 18.6 Å². The number of hydrazone groups is 1. The number of benzene rings is 2. The van der Waals surface area contributed by atoms with E-state index in [2.05, 4.69) is 10.5 Å². The van der Waals surface area contributed by atoms with Crippen molar-refractivity contribution in [3.8, 4) is 17.2 Å². The zero-order chi connectivity index (χ0) is 19.3. The van der Waals surface area contributed by atoms with Crippen LogP contribution in [0.15, 0.2) is 70.2 Å². The van der Waals surface area contributed by atoms with E-state index < -0.39 is 5.91 Å². The van der Waals surface area contributed by atoms with Gasteiger partial charge >= 0.3 is 5.91 Å². The third kappa shape index (κ3) is 3.98. The minimum Gasteiger partial charge on any atom is -0.486 e. The Labute approximate surface area is 161 Å². The van der Waals surface area contributed by atoms with E-state index in [1.54, 1.807) is 19.1 Å². The summed E-state index contributed by atoms with van der Waals surface area (Å²) in [6.45, 7) is 2.23. The van der Waals surface area contributed by atoms with Gasteiger partial charge in [-0.15, -0.1) is 0 Å². The van der Waals surface area contributed by atoms with Gasteiger partial charge in [0.2, 0.25) is 6.79 Å². The lowest BCUT2D eigenvalue weighted by Gasteiger charge is -2.04. The van der Waals surface area contributed by atoms with Crippen molar-refractivity contribution >= 4 is 11.6 Å². The van der Waals surface area contributed by atoms with E-state index >= 15 is 0 Å². The van der Waals surface area contributed by atoms with Crippen LogP contribution in [0.3, 0.4) is 0 Å². The Balaban J connectivity index is 1.36. The van der Waals surface area contributed by atoms with Crippen LogP contribution in [0.25, 0.3) is 0 Å². The molecule has 0 saturated carbocycles. The van der Waals surface area contributed by atoms with Gasteiger partial charge in [0.25, 0.3) is 0 Å². The predicted octanol–water partition coefficient (Wildman–Crippen LogP) is 3.74. The zero-order valence-corrected chi connectivity index (χ0v) is 15.2. The fourth-order valence-electron chi connectivity index (χ4n) is 2.62.